The van der Waals surface area contributed by atoms with Crippen LogP contribution in [0.1, 0.15) is 52.8 Å². The fraction of sp³-hybridized carbons (Fsp3) is 0.235. The summed E-state index contributed by atoms with van der Waals surface area (Å²) in [7, 11) is 0. The van der Waals surface area contributed by atoms with Crippen molar-refractivity contribution in [2.45, 2.75) is 32.9 Å². The number of aromatic nitrogens is 3. The van der Waals surface area contributed by atoms with Gasteiger partial charge in [-0.05, 0) is 54.1 Å². The number of carboxylic acids is 1. The van der Waals surface area contributed by atoms with Gasteiger partial charge in [-0.3, -0.25) is 0 Å². The van der Waals surface area contributed by atoms with Gasteiger partial charge in [-0.25, -0.2) is 23.5 Å². The standard InChI is InChI=1S/C34H27ClF2N4O4/c1-34(2)18-44-17-30(34)41-29-12-19(33(42)43)7-9-28(29)39-31(41)13-21-11-26(37)24(14-25(21)36)27-4-3-5-32(40-27)45-16-20-6-8-23(35)10-22(20)15-38/h3-12,14,30H,13,16-18H2,1-2H3,(H,42,43). The largest absolute Gasteiger partial charge is 0.478 e. The summed E-state index contributed by atoms with van der Waals surface area (Å²) in [5.41, 5.74) is 2.12. The van der Waals surface area contributed by atoms with Crippen LogP contribution in [0, 0.1) is 28.4 Å². The van der Waals surface area contributed by atoms with Gasteiger partial charge >= 0.3 is 5.97 Å². The highest BCUT2D eigenvalue weighted by atomic mass is 35.5. The average Bonchev–Trinajstić information content (AvgIpc) is 3.55. The first-order chi connectivity index (χ1) is 21.5. The molecule has 1 fully saturated rings. The molecule has 0 radical (unpaired) electrons. The summed E-state index contributed by atoms with van der Waals surface area (Å²) in [6.07, 6.45) is -0.0361. The van der Waals surface area contributed by atoms with Crippen molar-refractivity contribution in [1.29, 1.82) is 5.26 Å². The molecule has 2 aromatic heterocycles. The highest BCUT2D eigenvalue weighted by Crippen LogP contribution is 2.40. The number of imidazole rings is 1. The van der Waals surface area contributed by atoms with Gasteiger partial charge in [0.2, 0.25) is 5.88 Å². The van der Waals surface area contributed by atoms with Crippen LogP contribution < -0.4 is 4.74 Å². The number of nitrogens with zero attached hydrogens (tertiary/aromatic N) is 4. The molecule has 0 aliphatic carbocycles. The lowest BCUT2D eigenvalue weighted by Gasteiger charge is -2.28. The predicted molar refractivity (Wildman–Crippen MR) is 163 cm³/mol. The molecule has 5 aromatic rings. The molecule has 45 heavy (non-hydrogen) atoms. The van der Waals surface area contributed by atoms with Crippen LogP contribution in [0.5, 0.6) is 5.88 Å². The summed E-state index contributed by atoms with van der Waals surface area (Å²) in [5, 5.41) is 19.4. The van der Waals surface area contributed by atoms with Gasteiger partial charge in [-0.15, -0.1) is 0 Å². The van der Waals surface area contributed by atoms with Gasteiger partial charge in [0, 0.05) is 34.1 Å². The van der Waals surface area contributed by atoms with Crippen LogP contribution in [0.4, 0.5) is 8.78 Å². The van der Waals surface area contributed by atoms with Crippen molar-refractivity contribution >= 4 is 28.6 Å². The lowest BCUT2D eigenvalue weighted by molar-refractivity contribution is 0.0697. The first-order valence-corrected chi connectivity index (χ1v) is 14.5. The SMILES string of the molecule is CC1(C)COCC1n1c(Cc2cc(F)c(-c3cccc(OCc4ccc(Cl)cc4C#N)n3)cc2F)nc2ccc(C(=O)O)cc21. The van der Waals surface area contributed by atoms with E-state index < -0.39 is 17.6 Å². The van der Waals surface area contributed by atoms with Gasteiger partial charge in [-0.2, -0.15) is 5.26 Å². The van der Waals surface area contributed by atoms with Crippen molar-refractivity contribution in [2.24, 2.45) is 5.41 Å². The van der Waals surface area contributed by atoms with Crippen LogP contribution in [0.15, 0.2) is 66.7 Å². The van der Waals surface area contributed by atoms with Crippen molar-refractivity contribution in [2.75, 3.05) is 13.2 Å². The number of ether oxygens (including phenoxy) is 2. The molecule has 1 atom stereocenters. The van der Waals surface area contributed by atoms with Crippen molar-refractivity contribution < 1.29 is 28.2 Å². The number of benzene rings is 3. The van der Waals surface area contributed by atoms with Crippen LogP contribution in [-0.2, 0) is 17.8 Å². The summed E-state index contributed by atoms with van der Waals surface area (Å²) < 4.78 is 44.7. The number of nitriles is 1. The first-order valence-electron chi connectivity index (χ1n) is 14.1. The third kappa shape index (κ3) is 5.97. The van der Waals surface area contributed by atoms with E-state index in [0.717, 1.165) is 12.1 Å². The van der Waals surface area contributed by atoms with Gasteiger partial charge in [0.15, 0.2) is 0 Å². The van der Waals surface area contributed by atoms with Gasteiger partial charge in [0.25, 0.3) is 0 Å². The minimum Gasteiger partial charge on any atom is -0.478 e. The molecular formula is C34H27ClF2N4O4. The fourth-order valence-electron chi connectivity index (χ4n) is 5.59. The van der Waals surface area contributed by atoms with Gasteiger partial charge in [-0.1, -0.05) is 37.6 Å². The molecule has 1 N–H and O–H groups in total. The molecule has 0 saturated carbocycles. The highest BCUT2D eigenvalue weighted by molar-refractivity contribution is 6.30. The third-order valence-electron chi connectivity index (χ3n) is 8.03. The van der Waals surface area contributed by atoms with Gasteiger partial charge < -0.3 is 19.1 Å². The lowest BCUT2D eigenvalue weighted by Crippen LogP contribution is -2.27. The molecular weight excluding hydrogens is 602 g/mol. The maximum Gasteiger partial charge on any atom is 0.335 e. The maximum absolute atomic E-state index is 15.7. The van der Waals surface area contributed by atoms with E-state index in [-0.39, 0.29) is 52.7 Å². The zero-order chi connectivity index (χ0) is 31.9. The second-order valence-corrected chi connectivity index (χ2v) is 12.0. The summed E-state index contributed by atoms with van der Waals surface area (Å²) in [4.78, 5) is 20.8. The molecule has 1 aliphatic rings. The average molecular weight is 629 g/mol. The van der Waals surface area contributed by atoms with Gasteiger partial charge in [0.05, 0.1) is 53.2 Å². The monoisotopic (exact) mass is 628 g/mol. The van der Waals surface area contributed by atoms with Crippen molar-refractivity contribution in [3.05, 3.63) is 111 Å². The first kappa shape index (κ1) is 30.2. The summed E-state index contributed by atoms with van der Waals surface area (Å²) in [5.74, 6) is -1.76. The van der Waals surface area contributed by atoms with Gasteiger partial charge in [0.1, 0.15) is 24.1 Å². The molecule has 3 aromatic carbocycles. The Hall–Kier alpha value is -4.85. The minimum absolute atomic E-state index is 0.0318. The number of carboxylic acid groups (broad SMARTS) is 1. The van der Waals surface area contributed by atoms with E-state index >= 15 is 8.78 Å². The quantitative estimate of drug-likeness (QED) is 0.191. The second kappa shape index (κ2) is 11.9. The fourth-order valence-corrected chi connectivity index (χ4v) is 5.77. The number of fused-ring (bicyclic) bond motifs is 1. The highest BCUT2D eigenvalue weighted by Gasteiger charge is 2.39. The number of aromatic carboxylic acids is 1. The second-order valence-electron chi connectivity index (χ2n) is 11.6. The number of carbonyl (C=O) groups is 1. The van der Waals surface area contributed by atoms with Crippen LogP contribution in [-0.4, -0.2) is 38.8 Å². The number of rotatable bonds is 8. The Morgan fingerprint density at radius 2 is 1.93 bits per heavy atom. The lowest BCUT2D eigenvalue weighted by atomic mass is 9.87. The molecule has 8 nitrogen and oxygen atoms in total. The minimum atomic E-state index is -1.07. The Kier molecular flexibility index (Phi) is 7.99. The van der Waals surface area contributed by atoms with Crippen LogP contribution >= 0.6 is 11.6 Å². The van der Waals surface area contributed by atoms with E-state index in [2.05, 4.69) is 11.1 Å². The molecule has 1 saturated heterocycles. The maximum atomic E-state index is 15.7. The third-order valence-corrected chi connectivity index (χ3v) is 8.26. The normalized spacial score (nSPS) is 15.7. The molecule has 0 amide bonds. The van der Waals surface area contributed by atoms with Crippen molar-refractivity contribution in [3.63, 3.8) is 0 Å². The van der Waals surface area contributed by atoms with Crippen LogP contribution in [0.25, 0.3) is 22.3 Å². The molecule has 0 spiro atoms. The number of halogens is 3. The van der Waals surface area contributed by atoms with E-state index in [4.69, 9.17) is 26.1 Å². The summed E-state index contributed by atoms with van der Waals surface area (Å²) in [6, 6.07) is 18.4. The summed E-state index contributed by atoms with van der Waals surface area (Å²) in [6.45, 7) is 4.98. The van der Waals surface area contributed by atoms with Crippen LogP contribution in [0.2, 0.25) is 5.02 Å². The number of hydrogen-bond acceptors (Lipinski definition) is 6. The van der Waals surface area contributed by atoms with E-state index in [0.29, 0.717) is 46.2 Å². The number of pyridine rings is 1. The van der Waals surface area contributed by atoms with E-state index in [1.807, 2.05) is 18.4 Å². The smallest absolute Gasteiger partial charge is 0.335 e. The predicted octanol–water partition coefficient (Wildman–Crippen LogP) is 7.37. The molecule has 228 valence electrons. The van der Waals surface area contributed by atoms with E-state index in [9.17, 15) is 15.2 Å². The Labute approximate surface area is 262 Å². The molecule has 0 bridgehead atoms. The zero-order valence-electron chi connectivity index (χ0n) is 24.4. The molecule has 3 heterocycles. The topological polar surface area (TPSA) is 110 Å². The number of hydrogen-bond donors (Lipinski definition) is 1. The van der Waals surface area contributed by atoms with Crippen molar-refractivity contribution in [1.82, 2.24) is 14.5 Å². The van der Waals surface area contributed by atoms with E-state index in [1.165, 1.54) is 12.1 Å². The Morgan fingerprint density at radius 3 is 2.67 bits per heavy atom. The summed E-state index contributed by atoms with van der Waals surface area (Å²) >= 11 is 5.97. The van der Waals surface area contributed by atoms with E-state index in [1.54, 1.807) is 42.5 Å². The Morgan fingerprint density at radius 1 is 1.11 bits per heavy atom. The van der Waals surface area contributed by atoms with Crippen molar-refractivity contribution in [3.8, 4) is 23.2 Å². The Balaban J connectivity index is 1.31. The molecule has 1 unspecified atom stereocenters. The molecule has 6 rings (SSSR count). The molecule has 1 aliphatic heterocycles. The zero-order valence-corrected chi connectivity index (χ0v) is 25.1. The molecule has 11 heteroatoms. The Bertz CT molecular complexity index is 2000. The van der Waals surface area contributed by atoms with Crippen LogP contribution in [0.3, 0.4) is 0 Å².